The second kappa shape index (κ2) is 24.7. The fraction of sp³-hybridized carbons (Fsp3) is 0.516. The van der Waals surface area contributed by atoms with E-state index >= 15 is 0 Å². The van der Waals surface area contributed by atoms with E-state index in [0.717, 1.165) is 149 Å². The molecule has 4 saturated carbocycles. The van der Waals surface area contributed by atoms with Crippen LogP contribution >= 0.6 is 0 Å². The van der Waals surface area contributed by atoms with E-state index in [1.165, 1.54) is 0 Å². The van der Waals surface area contributed by atoms with Crippen LogP contribution in [0.25, 0.3) is 0 Å². The minimum Gasteiger partial charge on any atom is -0.508 e. The summed E-state index contributed by atoms with van der Waals surface area (Å²) in [6, 6.07) is 27.0. The van der Waals surface area contributed by atoms with Crippen LogP contribution in [-0.2, 0) is 50.4 Å². The molecule has 0 amide bonds. The van der Waals surface area contributed by atoms with E-state index in [-0.39, 0.29) is 34.6 Å². The van der Waals surface area contributed by atoms with E-state index in [1.807, 2.05) is 55.4 Å². The highest BCUT2D eigenvalue weighted by atomic mass is 16.3. The summed E-state index contributed by atoms with van der Waals surface area (Å²) in [6.45, 7) is 15.1. The van der Waals surface area contributed by atoms with Crippen LogP contribution in [0.4, 0.5) is 0 Å². The molecule has 4 fully saturated rings. The minimum absolute atomic E-state index is 0.0800. The monoisotopic (exact) mass is 985 g/mol. The molecule has 72 heavy (non-hydrogen) atoms. The molecule has 0 heterocycles. The zero-order valence-corrected chi connectivity index (χ0v) is 44.1. The summed E-state index contributed by atoms with van der Waals surface area (Å²) in [4.78, 5) is 70.6. The summed E-state index contributed by atoms with van der Waals surface area (Å²) in [5.74, 6) is 5.60. The van der Waals surface area contributed by atoms with Crippen LogP contribution in [0.5, 0.6) is 23.0 Å². The SMILES string of the molecule is CC(C)(C(=O)C(C)(C)c1ccc(O)cc1)c1ccc(O)cc1.CC(C)(C(=O)C(C)(C)c1ccc(O)cc1)c1ccc(O)cc1.O=C1CCC(C2CCC(=O)CC2)CC1.O=C1CCC(C2CCC(=O)CC2)CC1. The number of phenolic OH excluding ortho intramolecular Hbond substituents is 4. The molecular formula is C62H80O10. The number of ketones is 6. The van der Waals surface area contributed by atoms with Crippen LogP contribution in [-0.4, -0.2) is 55.1 Å². The van der Waals surface area contributed by atoms with Crippen LogP contribution in [0.1, 0.15) is 180 Å². The van der Waals surface area contributed by atoms with Crippen LogP contribution in [0, 0.1) is 23.7 Å². The summed E-state index contributed by atoms with van der Waals surface area (Å²) < 4.78 is 0. The summed E-state index contributed by atoms with van der Waals surface area (Å²) in [7, 11) is 0. The van der Waals surface area contributed by atoms with Gasteiger partial charge in [-0.05, 0) is 201 Å². The lowest BCUT2D eigenvalue weighted by Crippen LogP contribution is -2.42. The van der Waals surface area contributed by atoms with Gasteiger partial charge in [-0.3, -0.25) is 28.8 Å². The average molecular weight is 985 g/mol. The molecule has 4 aromatic rings. The molecule has 0 radical (unpaired) electrons. The molecule has 4 aromatic carbocycles. The van der Waals surface area contributed by atoms with Gasteiger partial charge in [0.15, 0.2) is 11.6 Å². The molecule has 10 heteroatoms. The average Bonchev–Trinajstić information content (AvgIpc) is 3.36. The molecule has 4 aliphatic carbocycles. The van der Waals surface area contributed by atoms with Crippen molar-refractivity contribution in [3.8, 4) is 23.0 Å². The van der Waals surface area contributed by atoms with E-state index in [2.05, 4.69) is 0 Å². The quantitative estimate of drug-likeness (QED) is 0.119. The highest BCUT2D eigenvalue weighted by Crippen LogP contribution is 2.40. The molecule has 10 nitrogen and oxygen atoms in total. The Kier molecular flexibility index (Phi) is 19.5. The first-order valence-corrected chi connectivity index (χ1v) is 26.2. The van der Waals surface area contributed by atoms with Gasteiger partial charge in [0, 0.05) is 73.0 Å². The van der Waals surface area contributed by atoms with E-state index in [9.17, 15) is 49.2 Å². The normalized spacial score (nSPS) is 17.9. The highest BCUT2D eigenvalue weighted by Gasteiger charge is 2.42. The van der Waals surface area contributed by atoms with E-state index < -0.39 is 21.7 Å². The molecule has 4 aliphatic rings. The van der Waals surface area contributed by atoms with Gasteiger partial charge >= 0.3 is 0 Å². The number of Topliss-reactive ketones (excluding diaryl/α,β-unsaturated/α-hetero) is 6. The second-order valence-corrected chi connectivity index (χ2v) is 22.9. The van der Waals surface area contributed by atoms with E-state index in [4.69, 9.17) is 0 Å². The van der Waals surface area contributed by atoms with Crippen molar-refractivity contribution < 1.29 is 49.2 Å². The molecule has 0 aromatic heterocycles. The standard InChI is InChI=1S/2C19H22O3.2C12H18O2/c2*1-18(2,13-5-9-15(20)10-6-13)17(22)19(3,4)14-7-11-16(21)12-8-14;2*13-11-5-1-9(2-6-11)10-3-7-12(14)8-4-10/h2*5-12,20-21H,1-4H3;2*9-10H,1-8H2. The Hall–Kier alpha value is -5.90. The van der Waals surface area contributed by atoms with Gasteiger partial charge in [-0.25, -0.2) is 0 Å². The Morgan fingerprint density at radius 3 is 0.583 bits per heavy atom. The van der Waals surface area contributed by atoms with Crippen molar-refractivity contribution in [3.63, 3.8) is 0 Å². The fourth-order valence-corrected chi connectivity index (χ4v) is 11.3. The van der Waals surface area contributed by atoms with Crippen molar-refractivity contribution in [1.29, 1.82) is 0 Å². The van der Waals surface area contributed by atoms with Crippen molar-refractivity contribution >= 4 is 34.7 Å². The Balaban J connectivity index is 0.000000182. The first-order valence-electron chi connectivity index (χ1n) is 26.2. The highest BCUT2D eigenvalue weighted by molar-refractivity contribution is 5.98. The smallest absolute Gasteiger partial charge is 0.152 e. The van der Waals surface area contributed by atoms with E-state index in [0.29, 0.717) is 23.1 Å². The zero-order valence-electron chi connectivity index (χ0n) is 44.1. The van der Waals surface area contributed by atoms with E-state index in [1.54, 1.807) is 97.1 Å². The van der Waals surface area contributed by atoms with Crippen molar-refractivity contribution in [2.24, 2.45) is 23.7 Å². The predicted molar refractivity (Wildman–Crippen MR) is 282 cm³/mol. The fourth-order valence-electron chi connectivity index (χ4n) is 11.3. The Morgan fingerprint density at radius 1 is 0.306 bits per heavy atom. The minimum atomic E-state index is -0.685. The summed E-state index contributed by atoms with van der Waals surface area (Å²) in [5.41, 5.74) is 0.711. The Morgan fingerprint density at radius 2 is 0.444 bits per heavy atom. The van der Waals surface area contributed by atoms with Crippen molar-refractivity contribution in [1.82, 2.24) is 0 Å². The van der Waals surface area contributed by atoms with Crippen molar-refractivity contribution in [2.45, 2.75) is 180 Å². The lowest BCUT2D eigenvalue weighted by Gasteiger charge is -2.34. The Bertz CT molecular complexity index is 2090. The van der Waals surface area contributed by atoms with Crippen LogP contribution in [0.2, 0.25) is 0 Å². The number of hydrogen-bond donors (Lipinski definition) is 4. The van der Waals surface area contributed by atoms with Crippen LogP contribution in [0.15, 0.2) is 97.1 Å². The van der Waals surface area contributed by atoms with Crippen molar-refractivity contribution in [3.05, 3.63) is 119 Å². The van der Waals surface area contributed by atoms with Gasteiger partial charge in [0.05, 0.1) is 0 Å². The molecule has 0 aliphatic heterocycles. The maximum atomic E-state index is 13.1. The van der Waals surface area contributed by atoms with Crippen LogP contribution < -0.4 is 0 Å². The Labute approximate surface area is 428 Å². The maximum Gasteiger partial charge on any atom is 0.152 e. The molecule has 8 rings (SSSR count). The molecule has 4 N–H and O–H groups in total. The topological polar surface area (TPSA) is 183 Å². The maximum absolute atomic E-state index is 13.1. The first-order chi connectivity index (χ1) is 33.8. The molecule has 0 saturated heterocycles. The third kappa shape index (κ3) is 15.1. The largest absolute Gasteiger partial charge is 0.508 e. The van der Waals surface area contributed by atoms with Gasteiger partial charge in [-0.1, -0.05) is 48.5 Å². The van der Waals surface area contributed by atoms with Gasteiger partial charge in [0.1, 0.15) is 46.1 Å². The lowest BCUT2D eigenvalue weighted by molar-refractivity contribution is -0.128. The summed E-state index contributed by atoms with van der Waals surface area (Å²) in [6.07, 6.45) is 14.9. The van der Waals surface area contributed by atoms with Crippen molar-refractivity contribution in [2.75, 3.05) is 0 Å². The van der Waals surface area contributed by atoms with Gasteiger partial charge in [-0.2, -0.15) is 0 Å². The lowest BCUT2D eigenvalue weighted by atomic mass is 9.67. The molecule has 0 unspecified atom stereocenters. The summed E-state index contributed by atoms with van der Waals surface area (Å²) in [5, 5.41) is 37.7. The molecule has 0 spiro atoms. The number of carbonyl (C=O) groups excluding carboxylic acids is 6. The van der Waals surface area contributed by atoms with Gasteiger partial charge < -0.3 is 20.4 Å². The van der Waals surface area contributed by atoms with Gasteiger partial charge in [0.2, 0.25) is 0 Å². The third-order valence-corrected chi connectivity index (χ3v) is 16.3. The number of aromatic hydroxyl groups is 4. The predicted octanol–water partition coefficient (Wildman–Crippen LogP) is 12.9. The zero-order chi connectivity index (χ0) is 53.0. The first kappa shape index (κ1) is 57.0. The molecule has 388 valence electrons. The molecule has 0 atom stereocenters. The number of benzene rings is 4. The van der Waals surface area contributed by atoms with Gasteiger partial charge in [0.25, 0.3) is 0 Å². The second-order valence-electron chi connectivity index (χ2n) is 22.9. The van der Waals surface area contributed by atoms with Crippen LogP contribution in [0.3, 0.4) is 0 Å². The number of rotatable bonds is 10. The molecule has 0 bridgehead atoms. The third-order valence-electron chi connectivity index (χ3n) is 16.3. The summed E-state index contributed by atoms with van der Waals surface area (Å²) >= 11 is 0. The number of phenols is 4. The van der Waals surface area contributed by atoms with Gasteiger partial charge in [-0.15, -0.1) is 0 Å². The number of hydrogen-bond acceptors (Lipinski definition) is 10. The molecular weight excluding hydrogens is 905 g/mol. The number of carbonyl (C=O) groups is 6.